The van der Waals surface area contributed by atoms with Gasteiger partial charge in [-0.05, 0) is 39.3 Å². The molecule has 0 saturated carbocycles. The van der Waals surface area contributed by atoms with Crippen LogP contribution in [0.5, 0.6) is 0 Å². The second kappa shape index (κ2) is 4.31. The first kappa shape index (κ1) is 11.5. The topological polar surface area (TPSA) is 45.8 Å². The van der Waals surface area contributed by atoms with Gasteiger partial charge in [-0.1, -0.05) is 0 Å². The molecule has 0 atom stereocenters. The van der Waals surface area contributed by atoms with E-state index >= 15 is 0 Å². The first-order valence-corrected chi connectivity index (χ1v) is 5.07. The van der Waals surface area contributed by atoms with Gasteiger partial charge in [-0.2, -0.15) is 5.26 Å². The van der Waals surface area contributed by atoms with Crippen molar-refractivity contribution in [2.45, 2.75) is 40.2 Å². The zero-order valence-corrected chi connectivity index (χ0v) is 9.66. The Kier molecular flexibility index (Phi) is 3.31. The molecule has 0 fully saturated rings. The molecule has 0 aliphatic carbocycles. The summed E-state index contributed by atoms with van der Waals surface area (Å²) in [6.45, 7) is 7.75. The van der Waals surface area contributed by atoms with Crippen LogP contribution in [0.3, 0.4) is 0 Å². The Balaban J connectivity index is 3.51. The number of pyridine rings is 1. The lowest BCUT2D eigenvalue weighted by atomic mass is 10.1. The summed E-state index contributed by atoms with van der Waals surface area (Å²) >= 11 is 0. The van der Waals surface area contributed by atoms with Crippen LogP contribution >= 0.6 is 0 Å². The van der Waals surface area contributed by atoms with Gasteiger partial charge in [-0.15, -0.1) is 0 Å². The number of nitrogens with zero attached hydrogens (tertiary/aromatic N) is 2. The molecule has 1 heterocycles. The smallest absolute Gasteiger partial charge is 0.255 e. The lowest BCUT2D eigenvalue weighted by molar-refractivity contribution is 0.558. The highest BCUT2D eigenvalue weighted by molar-refractivity contribution is 5.28. The fourth-order valence-corrected chi connectivity index (χ4v) is 1.88. The highest BCUT2D eigenvalue weighted by atomic mass is 16.1. The quantitative estimate of drug-likeness (QED) is 0.740. The summed E-state index contributed by atoms with van der Waals surface area (Å²) in [5.74, 6) is 0. The summed E-state index contributed by atoms with van der Waals surface area (Å²) in [4.78, 5) is 12.1. The Morgan fingerprint density at radius 1 is 1.47 bits per heavy atom. The van der Waals surface area contributed by atoms with Crippen LogP contribution in [0, 0.1) is 25.2 Å². The number of aryl methyl sites for hydroxylation is 2. The van der Waals surface area contributed by atoms with E-state index in [1.54, 1.807) is 4.57 Å². The first-order valence-electron chi connectivity index (χ1n) is 5.07. The van der Waals surface area contributed by atoms with Crippen molar-refractivity contribution in [3.8, 4) is 6.07 Å². The zero-order chi connectivity index (χ0) is 11.6. The van der Waals surface area contributed by atoms with Gasteiger partial charge < -0.3 is 4.57 Å². The van der Waals surface area contributed by atoms with Crippen LogP contribution in [0.15, 0.2) is 10.9 Å². The maximum absolute atomic E-state index is 12.1. The second-order valence-corrected chi connectivity index (χ2v) is 4.05. The van der Waals surface area contributed by atoms with Crippen molar-refractivity contribution in [1.82, 2.24) is 4.57 Å². The molecule has 0 aliphatic rings. The molecular weight excluding hydrogens is 188 g/mol. The highest BCUT2D eigenvalue weighted by Gasteiger charge is 2.11. The van der Waals surface area contributed by atoms with Crippen molar-refractivity contribution < 1.29 is 0 Å². The maximum atomic E-state index is 12.1. The van der Waals surface area contributed by atoms with E-state index in [1.165, 1.54) is 0 Å². The van der Waals surface area contributed by atoms with Gasteiger partial charge >= 0.3 is 0 Å². The number of hydrogen-bond donors (Lipinski definition) is 0. The van der Waals surface area contributed by atoms with Crippen molar-refractivity contribution in [3.63, 3.8) is 0 Å². The minimum Gasteiger partial charge on any atom is -0.310 e. The summed E-state index contributed by atoms with van der Waals surface area (Å²) in [5.41, 5.74) is 2.46. The van der Waals surface area contributed by atoms with Crippen LogP contribution in [-0.4, -0.2) is 4.57 Å². The lowest BCUT2D eigenvalue weighted by Gasteiger charge is -2.16. The minimum absolute atomic E-state index is 0.0240. The molecule has 0 aliphatic heterocycles. The Morgan fingerprint density at radius 2 is 2.07 bits per heavy atom. The fourth-order valence-electron chi connectivity index (χ4n) is 1.88. The van der Waals surface area contributed by atoms with E-state index in [1.807, 2.05) is 39.8 Å². The Bertz CT molecular complexity index is 464. The van der Waals surface area contributed by atoms with Crippen LogP contribution < -0.4 is 5.56 Å². The number of nitriles is 1. The summed E-state index contributed by atoms with van der Waals surface area (Å²) in [7, 11) is 0. The van der Waals surface area contributed by atoms with Gasteiger partial charge in [0.1, 0.15) is 0 Å². The molecule has 1 aromatic rings. The van der Waals surface area contributed by atoms with Gasteiger partial charge in [0.2, 0.25) is 0 Å². The molecule has 0 N–H and O–H groups in total. The van der Waals surface area contributed by atoms with E-state index < -0.39 is 0 Å². The Hall–Kier alpha value is -1.56. The molecule has 15 heavy (non-hydrogen) atoms. The molecule has 0 unspecified atom stereocenters. The van der Waals surface area contributed by atoms with E-state index in [2.05, 4.69) is 0 Å². The first-order chi connectivity index (χ1) is 6.99. The third-order valence-electron chi connectivity index (χ3n) is 2.53. The maximum Gasteiger partial charge on any atom is 0.255 e. The standard InChI is InChI=1S/C12H16N2O/c1-8(2)14-10(4)7-9(3)11(5-6-13)12(14)15/h7-8H,5H2,1-4H3. The van der Waals surface area contributed by atoms with Crippen molar-refractivity contribution in [1.29, 1.82) is 5.26 Å². The molecule has 0 radical (unpaired) electrons. The monoisotopic (exact) mass is 204 g/mol. The van der Waals surface area contributed by atoms with Gasteiger partial charge in [0.25, 0.3) is 5.56 Å². The molecule has 3 heteroatoms. The average molecular weight is 204 g/mol. The number of aromatic nitrogens is 1. The Labute approximate surface area is 90.0 Å². The van der Waals surface area contributed by atoms with Gasteiger partial charge in [0.15, 0.2) is 0 Å². The third kappa shape index (κ3) is 2.10. The van der Waals surface area contributed by atoms with E-state index in [4.69, 9.17) is 5.26 Å². The molecule has 3 nitrogen and oxygen atoms in total. The van der Waals surface area contributed by atoms with Crippen molar-refractivity contribution in [2.24, 2.45) is 0 Å². The normalized spacial score (nSPS) is 10.4. The molecule has 0 aromatic carbocycles. The molecular formula is C12H16N2O. The molecule has 0 amide bonds. The van der Waals surface area contributed by atoms with Crippen molar-refractivity contribution in [3.05, 3.63) is 33.2 Å². The predicted octanol–water partition coefficient (Wildman–Crippen LogP) is 2.11. The molecule has 0 saturated heterocycles. The molecule has 1 rings (SSSR count). The van der Waals surface area contributed by atoms with Gasteiger partial charge in [-0.25, -0.2) is 0 Å². The van der Waals surface area contributed by atoms with E-state index in [0.29, 0.717) is 5.56 Å². The molecule has 80 valence electrons. The fraction of sp³-hybridized carbons (Fsp3) is 0.500. The predicted molar refractivity (Wildman–Crippen MR) is 59.9 cm³/mol. The van der Waals surface area contributed by atoms with Crippen LogP contribution in [-0.2, 0) is 6.42 Å². The molecule has 1 aromatic heterocycles. The number of hydrogen-bond acceptors (Lipinski definition) is 2. The van der Waals surface area contributed by atoms with Crippen LogP contribution in [0.25, 0.3) is 0 Å². The average Bonchev–Trinajstić information content (AvgIpc) is 2.11. The van der Waals surface area contributed by atoms with Crippen LogP contribution in [0.1, 0.15) is 36.7 Å². The van der Waals surface area contributed by atoms with Crippen molar-refractivity contribution >= 4 is 0 Å². The summed E-state index contributed by atoms with van der Waals surface area (Å²) in [5, 5.41) is 8.67. The van der Waals surface area contributed by atoms with Gasteiger partial charge in [0, 0.05) is 17.3 Å². The second-order valence-electron chi connectivity index (χ2n) is 4.05. The zero-order valence-electron chi connectivity index (χ0n) is 9.66. The SMILES string of the molecule is Cc1cc(C)n(C(C)C)c(=O)c1CC#N. The van der Waals surface area contributed by atoms with Gasteiger partial charge in [0.05, 0.1) is 12.5 Å². The Morgan fingerprint density at radius 3 is 2.53 bits per heavy atom. The minimum atomic E-state index is -0.0240. The lowest BCUT2D eigenvalue weighted by Crippen LogP contribution is -2.28. The largest absolute Gasteiger partial charge is 0.310 e. The van der Waals surface area contributed by atoms with Crippen molar-refractivity contribution in [2.75, 3.05) is 0 Å². The van der Waals surface area contributed by atoms with Crippen LogP contribution in [0.2, 0.25) is 0 Å². The molecule has 0 bridgehead atoms. The summed E-state index contributed by atoms with van der Waals surface area (Å²) in [6, 6.07) is 4.14. The highest BCUT2D eigenvalue weighted by Crippen LogP contribution is 2.11. The van der Waals surface area contributed by atoms with Gasteiger partial charge in [-0.3, -0.25) is 4.79 Å². The summed E-state index contributed by atoms with van der Waals surface area (Å²) in [6.07, 6.45) is 0.192. The molecule has 0 spiro atoms. The third-order valence-corrected chi connectivity index (χ3v) is 2.53. The van der Waals surface area contributed by atoms with Crippen LogP contribution in [0.4, 0.5) is 0 Å². The van der Waals surface area contributed by atoms with E-state index in [9.17, 15) is 4.79 Å². The van der Waals surface area contributed by atoms with E-state index in [-0.39, 0.29) is 18.0 Å². The van der Waals surface area contributed by atoms with E-state index in [0.717, 1.165) is 11.3 Å². The number of rotatable bonds is 2. The summed E-state index contributed by atoms with van der Waals surface area (Å²) < 4.78 is 1.74.